The van der Waals surface area contributed by atoms with Crippen molar-refractivity contribution in [2.24, 2.45) is 18.2 Å². The lowest BCUT2D eigenvalue weighted by Gasteiger charge is -2.21. The molecule has 0 saturated carbocycles. The molecule has 0 aliphatic heterocycles. The molecule has 0 aliphatic carbocycles. The third kappa shape index (κ3) is 4.34. The topological polar surface area (TPSA) is 53.1 Å². The van der Waals surface area contributed by atoms with E-state index in [-0.39, 0.29) is 5.41 Å². The van der Waals surface area contributed by atoms with Gasteiger partial charge in [0.25, 0.3) is 0 Å². The SMILES string of the molecule is Cn1cc(OCCCC(C)(C)CN)cn1. The lowest BCUT2D eigenvalue weighted by Crippen LogP contribution is -2.23. The third-order valence-electron chi connectivity index (χ3n) is 2.50. The van der Waals surface area contributed by atoms with E-state index < -0.39 is 0 Å². The Kier molecular flexibility index (Phi) is 4.15. The van der Waals surface area contributed by atoms with Crippen LogP contribution in [-0.4, -0.2) is 22.9 Å². The molecule has 0 atom stereocenters. The number of nitrogens with zero attached hydrogens (tertiary/aromatic N) is 2. The Morgan fingerprint density at radius 3 is 2.80 bits per heavy atom. The molecule has 86 valence electrons. The maximum atomic E-state index is 5.65. The summed E-state index contributed by atoms with van der Waals surface area (Å²) in [6.45, 7) is 5.81. The van der Waals surface area contributed by atoms with Gasteiger partial charge in [0.1, 0.15) is 0 Å². The monoisotopic (exact) mass is 211 g/mol. The summed E-state index contributed by atoms with van der Waals surface area (Å²) in [6, 6.07) is 0. The summed E-state index contributed by atoms with van der Waals surface area (Å²) in [7, 11) is 1.88. The standard InChI is InChI=1S/C11H21N3O/c1-11(2,9-12)5-4-6-15-10-7-13-14(3)8-10/h7-8H,4-6,9,12H2,1-3H3. The zero-order valence-corrected chi connectivity index (χ0v) is 9.86. The van der Waals surface area contributed by atoms with E-state index in [1.54, 1.807) is 10.9 Å². The first-order valence-corrected chi connectivity index (χ1v) is 5.35. The van der Waals surface area contributed by atoms with E-state index in [1.165, 1.54) is 0 Å². The largest absolute Gasteiger partial charge is 0.490 e. The van der Waals surface area contributed by atoms with Crippen LogP contribution in [0.3, 0.4) is 0 Å². The Balaban J connectivity index is 2.17. The molecule has 0 unspecified atom stereocenters. The van der Waals surface area contributed by atoms with E-state index in [0.29, 0.717) is 0 Å². The van der Waals surface area contributed by atoms with Gasteiger partial charge in [-0.25, -0.2) is 0 Å². The number of aromatic nitrogens is 2. The highest BCUT2D eigenvalue weighted by atomic mass is 16.5. The molecule has 0 aromatic carbocycles. The zero-order valence-electron chi connectivity index (χ0n) is 9.86. The molecule has 1 rings (SSSR count). The maximum absolute atomic E-state index is 5.65. The minimum absolute atomic E-state index is 0.221. The second-order valence-electron chi connectivity index (χ2n) is 4.67. The average Bonchev–Trinajstić information content (AvgIpc) is 2.59. The second kappa shape index (κ2) is 5.16. The van der Waals surface area contributed by atoms with Gasteiger partial charge in [-0.3, -0.25) is 4.68 Å². The lowest BCUT2D eigenvalue weighted by molar-refractivity contribution is 0.261. The quantitative estimate of drug-likeness (QED) is 0.727. The number of rotatable bonds is 6. The van der Waals surface area contributed by atoms with Crippen molar-refractivity contribution in [2.75, 3.05) is 13.2 Å². The Morgan fingerprint density at radius 2 is 2.27 bits per heavy atom. The van der Waals surface area contributed by atoms with E-state index in [9.17, 15) is 0 Å². The summed E-state index contributed by atoms with van der Waals surface area (Å²) >= 11 is 0. The third-order valence-corrected chi connectivity index (χ3v) is 2.50. The first kappa shape index (κ1) is 12.0. The van der Waals surface area contributed by atoms with E-state index in [4.69, 9.17) is 10.5 Å². The average molecular weight is 211 g/mol. The molecule has 4 heteroatoms. The summed E-state index contributed by atoms with van der Waals surface area (Å²) in [6.07, 6.45) is 5.71. The van der Waals surface area contributed by atoms with Crippen LogP contribution in [0.2, 0.25) is 0 Å². The molecule has 1 aromatic heterocycles. The first-order valence-electron chi connectivity index (χ1n) is 5.35. The number of hydrogen-bond acceptors (Lipinski definition) is 3. The zero-order chi connectivity index (χ0) is 11.3. The molecule has 4 nitrogen and oxygen atoms in total. The highest BCUT2D eigenvalue weighted by Gasteiger charge is 2.14. The second-order valence-corrected chi connectivity index (χ2v) is 4.67. The molecule has 0 bridgehead atoms. The summed E-state index contributed by atoms with van der Waals surface area (Å²) in [4.78, 5) is 0. The summed E-state index contributed by atoms with van der Waals surface area (Å²) in [5, 5.41) is 4.03. The molecule has 0 amide bonds. The first-order chi connectivity index (χ1) is 7.03. The van der Waals surface area contributed by atoms with Crippen LogP contribution >= 0.6 is 0 Å². The molecular weight excluding hydrogens is 190 g/mol. The van der Waals surface area contributed by atoms with Gasteiger partial charge in [0.05, 0.1) is 19.0 Å². The fraction of sp³-hybridized carbons (Fsp3) is 0.727. The van der Waals surface area contributed by atoms with Crippen LogP contribution in [0.25, 0.3) is 0 Å². The van der Waals surface area contributed by atoms with Crippen molar-refractivity contribution in [3.05, 3.63) is 12.4 Å². The molecule has 0 spiro atoms. The number of aryl methyl sites for hydroxylation is 1. The van der Waals surface area contributed by atoms with Gasteiger partial charge in [-0.05, 0) is 24.8 Å². The molecule has 2 N–H and O–H groups in total. The van der Waals surface area contributed by atoms with Crippen LogP contribution in [0.15, 0.2) is 12.4 Å². The number of nitrogens with two attached hydrogens (primary N) is 1. The van der Waals surface area contributed by atoms with E-state index >= 15 is 0 Å². The van der Waals surface area contributed by atoms with Crippen LogP contribution in [0.5, 0.6) is 5.75 Å². The van der Waals surface area contributed by atoms with Gasteiger partial charge in [0, 0.05) is 7.05 Å². The fourth-order valence-electron chi connectivity index (χ4n) is 1.32. The van der Waals surface area contributed by atoms with Crippen LogP contribution in [0.4, 0.5) is 0 Å². The Hall–Kier alpha value is -1.03. The van der Waals surface area contributed by atoms with Gasteiger partial charge in [0.2, 0.25) is 0 Å². The Morgan fingerprint density at radius 1 is 1.53 bits per heavy atom. The van der Waals surface area contributed by atoms with Gasteiger partial charge in [-0.2, -0.15) is 5.10 Å². The molecule has 0 fully saturated rings. The predicted octanol–water partition coefficient (Wildman–Crippen LogP) is 1.56. The van der Waals surface area contributed by atoms with Crippen LogP contribution in [0, 0.1) is 5.41 Å². The van der Waals surface area contributed by atoms with Crippen molar-refractivity contribution < 1.29 is 4.74 Å². The molecule has 0 aliphatic rings. The van der Waals surface area contributed by atoms with E-state index in [1.807, 2.05) is 13.2 Å². The van der Waals surface area contributed by atoms with Gasteiger partial charge in [-0.1, -0.05) is 13.8 Å². The summed E-state index contributed by atoms with van der Waals surface area (Å²) < 4.78 is 7.28. The maximum Gasteiger partial charge on any atom is 0.157 e. The van der Waals surface area contributed by atoms with Gasteiger partial charge in [0.15, 0.2) is 5.75 Å². The van der Waals surface area contributed by atoms with Crippen molar-refractivity contribution >= 4 is 0 Å². The normalized spacial score (nSPS) is 11.7. The van der Waals surface area contributed by atoms with Crippen LogP contribution < -0.4 is 10.5 Å². The van der Waals surface area contributed by atoms with E-state index in [2.05, 4.69) is 18.9 Å². The molecule has 15 heavy (non-hydrogen) atoms. The fourth-order valence-corrected chi connectivity index (χ4v) is 1.32. The van der Waals surface area contributed by atoms with Crippen molar-refractivity contribution in [3.8, 4) is 5.75 Å². The lowest BCUT2D eigenvalue weighted by atomic mass is 9.88. The summed E-state index contributed by atoms with van der Waals surface area (Å²) in [5.74, 6) is 0.836. The molecule has 1 aromatic rings. The molecule has 0 radical (unpaired) electrons. The van der Waals surface area contributed by atoms with Gasteiger partial charge >= 0.3 is 0 Å². The van der Waals surface area contributed by atoms with Crippen molar-refractivity contribution in [1.29, 1.82) is 0 Å². The van der Waals surface area contributed by atoms with Gasteiger partial charge < -0.3 is 10.5 Å². The smallest absolute Gasteiger partial charge is 0.157 e. The van der Waals surface area contributed by atoms with Crippen LogP contribution in [0.1, 0.15) is 26.7 Å². The van der Waals surface area contributed by atoms with Crippen molar-refractivity contribution in [3.63, 3.8) is 0 Å². The molecular formula is C11H21N3O. The summed E-state index contributed by atoms with van der Waals surface area (Å²) in [5.41, 5.74) is 5.87. The molecule has 0 saturated heterocycles. The predicted molar refractivity (Wildman–Crippen MR) is 60.8 cm³/mol. The van der Waals surface area contributed by atoms with Crippen LogP contribution in [-0.2, 0) is 7.05 Å². The van der Waals surface area contributed by atoms with E-state index in [0.717, 1.165) is 31.7 Å². The highest BCUT2D eigenvalue weighted by Crippen LogP contribution is 2.20. The minimum atomic E-state index is 0.221. The Bertz CT molecular complexity index is 294. The highest BCUT2D eigenvalue weighted by molar-refractivity contribution is 5.11. The molecule has 1 heterocycles. The van der Waals surface area contributed by atoms with Crippen molar-refractivity contribution in [1.82, 2.24) is 9.78 Å². The number of ether oxygens (including phenoxy) is 1. The number of hydrogen-bond donors (Lipinski definition) is 1. The minimum Gasteiger partial charge on any atom is -0.490 e. The van der Waals surface area contributed by atoms with Gasteiger partial charge in [-0.15, -0.1) is 0 Å². The van der Waals surface area contributed by atoms with Crippen molar-refractivity contribution in [2.45, 2.75) is 26.7 Å². The Labute approximate surface area is 91.4 Å².